The summed E-state index contributed by atoms with van der Waals surface area (Å²) < 4.78 is 7.33. The molecule has 2 amide bonds. The molecule has 1 saturated carbocycles. The molecule has 0 bridgehead atoms. The monoisotopic (exact) mass is 478 g/mol. The van der Waals surface area contributed by atoms with E-state index in [1.54, 1.807) is 26.0 Å². The van der Waals surface area contributed by atoms with Gasteiger partial charge in [0.15, 0.2) is 6.61 Å². The van der Waals surface area contributed by atoms with Crippen LogP contribution in [0.15, 0.2) is 24.3 Å². The van der Waals surface area contributed by atoms with Crippen molar-refractivity contribution >= 4 is 23.6 Å². The second kappa shape index (κ2) is 11.2. The van der Waals surface area contributed by atoms with Crippen LogP contribution >= 0.6 is 0 Å². The van der Waals surface area contributed by atoms with Crippen molar-refractivity contribution in [2.24, 2.45) is 5.92 Å². The van der Waals surface area contributed by atoms with E-state index >= 15 is 0 Å². The van der Waals surface area contributed by atoms with Gasteiger partial charge in [-0.15, -0.1) is 0 Å². The minimum atomic E-state index is -0.906. The molecule has 2 N–H and O–H groups in total. The summed E-state index contributed by atoms with van der Waals surface area (Å²) in [4.78, 5) is 38.2. The third-order valence-corrected chi connectivity index (χ3v) is 6.76. The minimum Gasteiger partial charge on any atom is -0.454 e. The molecule has 8 nitrogen and oxygen atoms in total. The van der Waals surface area contributed by atoms with Gasteiger partial charge in [0.25, 0.3) is 11.8 Å². The molecule has 1 aliphatic rings. The fraction of sp³-hybridized carbons (Fsp3) is 0.481. The van der Waals surface area contributed by atoms with E-state index in [2.05, 4.69) is 16.7 Å². The van der Waals surface area contributed by atoms with Gasteiger partial charge in [-0.1, -0.05) is 44.9 Å². The molecule has 1 aliphatic carbocycles. The van der Waals surface area contributed by atoms with Crippen LogP contribution < -0.4 is 10.6 Å². The van der Waals surface area contributed by atoms with Gasteiger partial charge in [-0.25, -0.2) is 4.79 Å². The number of hydrogen-bond donors (Lipinski definition) is 2. The Hall–Kier alpha value is -3.60. The molecule has 1 fully saturated rings. The number of nitriles is 1. The Morgan fingerprint density at radius 1 is 1.14 bits per heavy atom. The van der Waals surface area contributed by atoms with Crippen LogP contribution in [0.5, 0.6) is 0 Å². The van der Waals surface area contributed by atoms with Gasteiger partial charge in [0, 0.05) is 17.3 Å². The molecular formula is C27H34N4O4. The number of hydrogen-bond acceptors (Lipinski definition) is 5. The van der Waals surface area contributed by atoms with Crippen molar-refractivity contribution in [3.05, 3.63) is 52.2 Å². The normalized spacial score (nSPS) is 14.4. The zero-order chi connectivity index (χ0) is 25.7. The van der Waals surface area contributed by atoms with Crippen molar-refractivity contribution in [1.82, 2.24) is 9.88 Å². The van der Waals surface area contributed by atoms with Crippen LogP contribution in [-0.4, -0.2) is 35.0 Å². The summed E-state index contributed by atoms with van der Waals surface area (Å²) in [7, 11) is 0. The molecule has 1 aromatic heterocycles. The van der Waals surface area contributed by atoms with Gasteiger partial charge in [0.1, 0.15) is 17.9 Å². The predicted octanol–water partition coefficient (Wildman–Crippen LogP) is 4.34. The fourth-order valence-corrected chi connectivity index (χ4v) is 4.64. The van der Waals surface area contributed by atoms with Crippen LogP contribution in [-0.2, 0) is 14.3 Å². The number of anilines is 1. The van der Waals surface area contributed by atoms with Crippen LogP contribution in [0.25, 0.3) is 0 Å². The first-order valence-corrected chi connectivity index (χ1v) is 12.1. The summed E-state index contributed by atoms with van der Waals surface area (Å²) in [5.41, 5.74) is 3.50. The van der Waals surface area contributed by atoms with Crippen LogP contribution in [0.4, 0.5) is 5.82 Å². The highest BCUT2D eigenvalue weighted by molar-refractivity contribution is 5.98. The molecule has 1 atom stereocenters. The maximum absolute atomic E-state index is 12.8. The number of carbonyl (C=O) groups excluding carboxylic acids is 3. The highest BCUT2D eigenvalue weighted by atomic mass is 16.5. The van der Waals surface area contributed by atoms with Crippen molar-refractivity contribution in [2.75, 3.05) is 11.9 Å². The quantitative estimate of drug-likeness (QED) is 0.548. The van der Waals surface area contributed by atoms with Crippen LogP contribution in [0.3, 0.4) is 0 Å². The minimum absolute atomic E-state index is 0.232. The molecular weight excluding hydrogens is 444 g/mol. The third kappa shape index (κ3) is 5.73. The molecule has 8 heteroatoms. The van der Waals surface area contributed by atoms with Gasteiger partial charge in [-0.2, -0.15) is 5.26 Å². The lowest BCUT2D eigenvalue weighted by atomic mass is 10.0. The van der Waals surface area contributed by atoms with Crippen molar-refractivity contribution in [2.45, 2.75) is 72.4 Å². The maximum Gasteiger partial charge on any atom is 0.329 e. The van der Waals surface area contributed by atoms with Gasteiger partial charge < -0.3 is 19.9 Å². The van der Waals surface area contributed by atoms with Crippen LogP contribution in [0.2, 0.25) is 0 Å². The molecule has 1 aromatic carbocycles. The number of aryl methyl sites for hydroxylation is 1. The second-order valence-corrected chi connectivity index (χ2v) is 9.52. The third-order valence-electron chi connectivity index (χ3n) is 6.76. The fourth-order valence-electron chi connectivity index (χ4n) is 4.64. The van der Waals surface area contributed by atoms with E-state index in [4.69, 9.17) is 4.74 Å². The summed E-state index contributed by atoms with van der Waals surface area (Å²) in [6.45, 7) is 8.73. The number of nitrogens with one attached hydrogen (secondary N) is 2. The number of esters is 1. The average molecular weight is 479 g/mol. The Morgan fingerprint density at radius 3 is 2.40 bits per heavy atom. The first kappa shape index (κ1) is 26.0. The smallest absolute Gasteiger partial charge is 0.329 e. The number of aromatic nitrogens is 1. The lowest BCUT2D eigenvalue weighted by Crippen LogP contribution is -2.46. The van der Waals surface area contributed by atoms with Gasteiger partial charge in [0.2, 0.25) is 0 Å². The number of ether oxygens (including phenoxy) is 1. The Balaban J connectivity index is 1.68. The van der Waals surface area contributed by atoms with E-state index in [-0.39, 0.29) is 17.9 Å². The number of amides is 2. The van der Waals surface area contributed by atoms with E-state index in [0.717, 1.165) is 42.5 Å². The van der Waals surface area contributed by atoms with E-state index < -0.39 is 24.5 Å². The molecule has 3 rings (SSSR count). The molecule has 35 heavy (non-hydrogen) atoms. The highest BCUT2D eigenvalue weighted by Crippen LogP contribution is 2.37. The van der Waals surface area contributed by atoms with Crippen LogP contribution in [0, 0.1) is 38.0 Å². The Morgan fingerprint density at radius 2 is 1.80 bits per heavy atom. The molecule has 0 aliphatic heterocycles. The zero-order valence-electron chi connectivity index (χ0n) is 21.1. The zero-order valence-corrected chi connectivity index (χ0v) is 21.1. The molecule has 2 aromatic rings. The summed E-state index contributed by atoms with van der Waals surface area (Å²) >= 11 is 0. The molecule has 1 heterocycles. The van der Waals surface area contributed by atoms with Gasteiger partial charge in [-0.05, 0) is 56.7 Å². The lowest BCUT2D eigenvalue weighted by molar-refractivity contribution is -0.150. The predicted molar refractivity (Wildman–Crippen MR) is 133 cm³/mol. The molecule has 186 valence electrons. The van der Waals surface area contributed by atoms with Gasteiger partial charge >= 0.3 is 5.97 Å². The number of carbonyl (C=O) groups is 3. The molecule has 0 spiro atoms. The SMILES string of the molecule is Cc1ccccc1C(=O)NC(C(=O)OCC(=O)Nc1c(C#N)c(C)c(C)n1C1CCCC1)C(C)C. The number of nitrogens with zero attached hydrogens (tertiary/aromatic N) is 2. The summed E-state index contributed by atoms with van der Waals surface area (Å²) in [6.07, 6.45) is 4.21. The van der Waals surface area contributed by atoms with Crippen LogP contribution in [0.1, 0.15) is 78.3 Å². The Labute approximate surface area is 206 Å². The van der Waals surface area contributed by atoms with E-state index in [9.17, 15) is 19.6 Å². The topological polar surface area (TPSA) is 113 Å². The summed E-state index contributed by atoms with van der Waals surface area (Å²) in [5, 5.41) is 15.2. The van der Waals surface area contributed by atoms with Crippen molar-refractivity contribution in [3.63, 3.8) is 0 Å². The van der Waals surface area contributed by atoms with E-state index in [0.29, 0.717) is 16.9 Å². The summed E-state index contributed by atoms with van der Waals surface area (Å²) in [5.74, 6) is -1.37. The largest absolute Gasteiger partial charge is 0.454 e. The van der Waals surface area contributed by atoms with Gasteiger partial charge in [0.05, 0.1) is 5.56 Å². The maximum atomic E-state index is 12.8. The highest BCUT2D eigenvalue weighted by Gasteiger charge is 2.29. The van der Waals surface area contributed by atoms with Crippen molar-refractivity contribution < 1.29 is 19.1 Å². The number of rotatable bonds is 8. The standard InChI is InChI=1S/C27H34N4O4/c1-16(2)24(30-26(33)21-13-9-6-10-17(21)3)27(34)35-15-23(32)29-25-22(14-28)18(4)19(5)31(25)20-11-7-8-12-20/h6,9-10,13,16,20,24H,7-8,11-12,15H2,1-5H3,(H,29,32)(H,30,33). The van der Waals surface area contributed by atoms with E-state index in [1.165, 1.54) is 0 Å². The molecule has 0 radical (unpaired) electrons. The van der Waals surface area contributed by atoms with Gasteiger partial charge in [-0.3, -0.25) is 9.59 Å². The Bertz CT molecular complexity index is 1150. The average Bonchev–Trinajstić information content (AvgIpc) is 3.42. The molecule has 0 saturated heterocycles. The second-order valence-electron chi connectivity index (χ2n) is 9.52. The first-order valence-electron chi connectivity index (χ1n) is 12.1. The van der Waals surface area contributed by atoms with Crippen molar-refractivity contribution in [1.29, 1.82) is 5.26 Å². The van der Waals surface area contributed by atoms with Crippen molar-refractivity contribution in [3.8, 4) is 6.07 Å². The molecule has 1 unspecified atom stereocenters. The Kier molecular flexibility index (Phi) is 8.34. The first-order chi connectivity index (χ1) is 16.6. The number of benzene rings is 1. The van der Waals surface area contributed by atoms with E-state index in [1.807, 2.05) is 37.5 Å². The summed E-state index contributed by atoms with van der Waals surface area (Å²) in [6, 6.07) is 8.64. The lowest BCUT2D eigenvalue weighted by Gasteiger charge is -2.22.